The largest absolute Gasteiger partial charge is 0.378 e. The van der Waals surface area contributed by atoms with Gasteiger partial charge in [0.05, 0.1) is 13.2 Å². The predicted octanol–water partition coefficient (Wildman–Crippen LogP) is 2.06. The van der Waals surface area contributed by atoms with E-state index in [1.54, 1.807) is 19.0 Å². The van der Waals surface area contributed by atoms with Crippen LogP contribution in [0, 0.1) is 0 Å². The van der Waals surface area contributed by atoms with E-state index in [2.05, 4.69) is 26.6 Å². The molecule has 0 spiro atoms. The van der Waals surface area contributed by atoms with Gasteiger partial charge in [0.25, 0.3) is 0 Å². The molecule has 1 aliphatic heterocycles. The quantitative estimate of drug-likeness (QED) is 0.720. The number of morpholine rings is 1. The molecule has 2 heterocycles. The van der Waals surface area contributed by atoms with Gasteiger partial charge in [-0.05, 0) is 12.5 Å². The lowest BCUT2D eigenvalue weighted by Gasteiger charge is -2.27. The van der Waals surface area contributed by atoms with Gasteiger partial charge in [0.1, 0.15) is 5.25 Å². The van der Waals surface area contributed by atoms with Crippen molar-refractivity contribution in [1.82, 2.24) is 19.7 Å². The second-order valence-electron chi connectivity index (χ2n) is 6.27. The minimum atomic E-state index is -0.349. The molecule has 1 aromatic heterocycles. The Morgan fingerprint density at radius 2 is 1.92 bits per heavy atom. The Morgan fingerprint density at radius 1 is 1.23 bits per heavy atom. The van der Waals surface area contributed by atoms with Crippen molar-refractivity contribution in [3.63, 3.8) is 0 Å². The van der Waals surface area contributed by atoms with Gasteiger partial charge < -0.3 is 14.5 Å². The van der Waals surface area contributed by atoms with E-state index in [-0.39, 0.29) is 11.2 Å². The third-order valence-corrected chi connectivity index (χ3v) is 5.52. The van der Waals surface area contributed by atoms with Gasteiger partial charge in [-0.3, -0.25) is 9.36 Å². The second-order valence-corrected chi connectivity index (χ2v) is 7.34. The second kappa shape index (κ2) is 8.55. The van der Waals surface area contributed by atoms with E-state index in [0.29, 0.717) is 13.2 Å². The molecular formula is C18H25N5O2S. The summed E-state index contributed by atoms with van der Waals surface area (Å²) < 4.78 is 7.51. The number of carbonyl (C=O) groups excluding carboxylic acids is 1. The molecule has 0 aliphatic carbocycles. The Bertz CT molecular complexity index is 728. The lowest BCUT2D eigenvalue weighted by atomic mass is 10.1. The van der Waals surface area contributed by atoms with Crippen LogP contribution >= 0.6 is 11.8 Å². The average molecular weight is 375 g/mol. The number of rotatable bonds is 6. The number of thioether (sulfide) groups is 1. The fraction of sp³-hybridized carbons (Fsp3) is 0.500. The molecular weight excluding hydrogens is 350 g/mol. The Labute approximate surface area is 158 Å². The Hall–Kier alpha value is -2.06. The lowest BCUT2D eigenvalue weighted by Crippen LogP contribution is -2.38. The third kappa shape index (κ3) is 4.02. The number of ether oxygens (including phenoxy) is 1. The maximum absolute atomic E-state index is 12.8. The van der Waals surface area contributed by atoms with Crippen molar-refractivity contribution in [1.29, 1.82) is 0 Å². The van der Waals surface area contributed by atoms with Crippen LogP contribution in [-0.4, -0.2) is 66.0 Å². The molecule has 1 atom stereocenters. The molecule has 1 amide bonds. The van der Waals surface area contributed by atoms with Gasteiger partial charge in [0.2, 0.25) is 11.9 Å². The van der Waals surface area contributed by atoms with Crippen molar-refractivity contribution >= 4 is 23.6 Å². The summed E-state index contributed by atoms with van der Waals surface area (Å²) in [5.41, 5.74) is 0.967. The molecule has 1 aromatic carbocycles. The summed E-state index contributed by atoms with van der Waals surface area (Å²) in [6.45, 7) is 5.83. The number of hydrogen-bond acceptors (Lipinski definition) is 6. The number of anilines is 1. The predicted molar refractivity (Wildman–Crippen MR) is 102 cm³/mol. The summed E-state index contributed by atoms with van der Waals surface area (Å²) >= 11 is 1.45. The standard InChI is InChI=1S/C18H25N5O2S/c1-4-23-17(22-10-12-25-13-11-22)19-20-18(23)26-15(16(24)21(2)3)14-8-6-5-7-9-14/h5-9,15H,4,10-13H2,1-3H3/t15-/m1/s1. The zero-order valence-electron chi connectivity index (χ0n) is 15.5. The fourth-order valence-electron chi connectivity index (χ4n) is 2.87. The van der Waals surface area contributed by atoms with Gasteiger partial charge in [-0.2, -0.15) is 0 Å². The van der Waals surface area contributed by atoms with Gasteiger partial charge >= 0.3 is 0 Å². The summed E-state index contributed by atoms with van der Waals surface area (Å²) in [5.74, 6) is 0.891. The first-order valence-corrected chi connectivity index (χ1v) is 9.68. The molecule has 26 heavy (non-hydrogen) atoms. The van der Waals surface area contributed by atoms with E-state index in [0.717, 1.165) is 36.3 Å². The van der Waals surface area contributed by atoms with Crippen LogP contribution in [0.25, 0.3) is 0 Å². The van der Waals surface area contributed by atoms with Crippen LogP contribution in [-0.2, 0) is 16.1 Å². The van der Waals surface area contributed by atoms with Crippen LogP contribution in [0.15, 0.2) is 35.5 Å². The van der Waals surface area contributed by atoms with Gasteiger partial charge in [-0.1, -0.05) is 42.1 Å². The van der Waals surface area contributed by atoms with Gasteiger partial charge in [0, 0.05) is 33.7 Å². The highest BCUT2D eigenvalue weighted by Crippen LogP contribution is 2.36. The number of hydrogen-bond donors (Lipinski definition) is 0. The highest BCUT2D eigenvalue weighted by molar-refractivity contribution is 8.00. The molecule has 8 heteroatoms. The van der Waals surface area contributed by atoms with E-state index in [4.69, 9.17) is 4.74 Å². The SMILES string of the molecule is CCn1c(S[C@@H](C(=O)N(C)C)c2ccccc2)nnc1N1CCOCC1. The molecule has 2 aromatic rings. The molecule has 1 saturated heterocycles. The fourth-order valence-corrected chi connectivity index (χ4v) is 4.11. The third-order valence-electron chi connectivity index (χ3n) is 4.30. The normalized spacial score (nSPS) is 15.7. The lowest BCUT2D eigenvalue weighted by molar-refractivity contribution is -0.128. The minimum Gasteiger partial charge on any atom is -0.378 e. The molecule has 0 radical (unpaired) electrons. The van der Waals surface area contributed by atoms with Gasteiger partial charge in [0.15, 0.2) is 5.16 Å². The first kappa shape index (κ1) is 18.7. The highest BCUT2D eigenvalue weighted by atomic mass is 32.2. The Kier molecular flexibility index (Phi) is 6.16. The van der Waals surface area contributed by atoms with Crippen LogP contribution < -0.4 is 4.90 Å². The number of nitrogens with zero attached hydrogens (tertiary/aromatic N) is 5. The highest BCUT2D eigenvalue weighted by Gasteiger charge is 2.27. The van der Waals surface area contributed by atoms with Crippen LogP contribution in [0.4, 0.5) is 5.95 Å². The summed E-state index contributed by atoms with van der Waals surface area (Å²) in [6, 6.07) is 9.82. The van der Waals surface area contributed by atoms with Crippen molar-refractivity contribution in [2.45, 2.75) is 23.9 Å². The molecule has 3 rings (SSSR count). The van der Waals surface area contributed by atoms with Crippen LogP contribution in [0.2, 0.25) is 0 Å². The molecule has 0 N–H and O–H groups in total. The van der Waals surface area contributed by atoms with Crippen molar-refractivity contribution in [2.24, 2.45) is 0 Å². The van der Waals surface area contributed by atoms with Crippen molar-refractivity contribution in [3.05, 3.63) is 35.9 Å². The van der Waals surface area contributed by atoms with Crippen LogP contribution in [0.5, 0.6) is 0 Å². The molecule has 140 valence electrons. The number of amides is 1. The summed E-state index contributed by atoms with van der Waals surface area (Å²) in [4.78, 5) is 16.6. The average Bonchev–Trinajstić information content (AvgIpc) is 3.09. The smallest absolute Gasteiger partial charge is 0.240 e. The van der Waals surface area contributed by atoms with Crippen molar-refractivity contribution < 1.29 is 9.53 Å². The summed E-state index contributed by atoms with van der Waals surface area (Å²) in [7, 11) is 3.56. The Morgan fingerprint density at radius 3 is 2.54 bits per heavy atom. The van der Waals surface area contributed by atoms with Crippen LogP contribution in [0.1, 0.15) is 17.7 Å². The van der Waals surface area contributed by atoms with Crippen molar-refractivity contribution in [3.8, 4) is 0 Å². The van der Waals surface area contributed by atoms with E-state index in [1.165, 1.54) is 11.8 Å². The van der Waals surface area contributed by atoms with Gasteiger partial charge in [-0.15, -0.1) is 10.2 Å². The topological polar surface area (TPSA) is 63.5 Å². The molecule has 7 nitrogen and oxygen atoms in total. The zero-order chi connectivity index (χ0) is 18.5. The summed E-state index contributed by atoms with van der Waals surface area (Å²) in [6.07, 6.45) is 0. The molecule has 1 fully saturated rings. The molecule has 1 aliphatic rings. The maximum atomic E-state index is 12.8. The van der Waals surface area contributed by atoms with E-state index in [1.807, 2.05) is 30.3 Å². The molecule has 0 bridgehead atoms. The van der Waals surface area contributed by atoms with Crippen molar-refractivity contribution in [2.75, 3.05) is 45.3 Å². The van der Waals surface area contributed by atoms with E-state index < -0.39 is 0 Å². The summed E-state index contributed by atoms with van der Waals surface area (Å²) in [5, 5.41) is 9.20. The molecule has 0 unspecified atom stereocenters. The number of carbonyl (C=O) groups is 1. The number of aromatic nitrogens is 3. The maximum Gasteiger partial charge on any atom is 0.240 e. The Balaban J connectivity index is 1.89. The van der Waals surface area contributed by atoms with E-state index >= 15 is 0 Å². The minimum absolute atomic E-state index is 0.0415. The number of benzene rings is 1. The first-order valence-electron chi connectivity index (χ1n) is 8.80. The first-order chi connectivity index (χ1) is 12.6. The van der Waals surface area contributed by atoms with Crippen LogP contribution in [0.3, 0.4) is 0 Å². The molecule has 0 saturated carbocycles. The van der Waals surface area contributed by atoms with Gasteiger partial charge in [-0.25, -0.2) is 0 Å². The zero-order valence-corrected chi connectivity index (χ0v) is 16.3. The number of likely N-dealkylation sites (N-methyl/N-ethyl adjacent to an activating group) is 1. The monoisotopic (exact) mass is 375 g/mol. The van der Waals surface area contributed by atoms with E-state index in [9.17, 15) is 4.79 Å².